The molecule has 9 heteroatoms. The fourth-order valence-corrected chi connectivity index (χ4v) is 3.10. The minimum atomic E-state index is -0.863. The third-order valence-corrected chi connectivity index (χ3v) is 4.84. The van der Waals surface area contributed by atoms with Gasteiger partial charge in [-0.1, -0.05) is 42.5 Å². The van der Waals surface area contributed by atoms with Crippen LogP contribution in [0.2, 0.25) is 0 Å². The number of carbonyl (C=O) groups excluding carboxylic acids is 3. The number of nitrogens with zero attached hydrogens (tertiary/aromatic N) is 2. The normalized spacial score (nSPS) is 12.4. The molecule has 186 valence electrons. The van der Waals surface area contributed by atoms with E-state index in [1.54, 1.807) is 58.2 Å². The summed E-state index contributed by atoms with van der Waals surface area (Å²) in [6.07, 6.45) is 0.270. The summed E-state index contributed by atoms with van der Waals surface area (Å²) < 4.78 is 11.1. The zero-order valence-electron chi connectivity index (χ0n) is 20.5. The highest BCUT2D eigenvalue weighted by molar-refractivity contribution is 6.19. The highest BCUT2D eigenvalue weighted by atomic mass is 16.6. The van der Waals surface area contributed by atoms with Gasteiger partial charge in [-0.2, -0.15) is 0 Å². The Bertz CT molecular complexity index is 1100. The number of benzene rings is 2. The zero-order chi connectivity index (χ0) is 26.2. The van der Waals surface area contributed by atoms with E-state index in [-0.39, 0.29) is 24.2 Å². The van der Waals surface area contributed by atoms with Crippen LogP contribution in [0.4, 0.5) is 10.5 Å². The van der Waals surface area contributed by atoms with Crippen LogP contribution in [-0.4, -0.2) is 46.9 Å². The summed E-state index contributed by atoms with van der Waals surface area (Å²) in [7, 11) is 1.58. The van der Waals surface area contributed by atoms with E-state index < -0.39 is 34.5 Å². The SMILES string of the molecule is CC(=O)C(=Cc1cccc([N+](=O)[O-])c1)C(=O)O[C@@H](CCN(C)C(=O)OC(C)(C)C)c1ccccc1. The molecule has 0 aromatic heterocycles. The van der Waals surface area contributed by atoms with Crippen LogP contribution in [0, 0.1) is 10.1 Å². The van der Waals surface area contributed by atoms with Crippen molar-refractivity contribution in [3.63, 3.8) is 0 Å². The number of hydrogen-bond acceptors (Lipinski definition) is 7. The lowest BCUT2D eigenvalue weighted by Gasteiger charge is -2.26. The van der Waals surface area contributed by atoms with Gasteiger partial charge >= 0.3 is 12.1 Å². The van der Waals surface area contributed by atoms with E-state index in [4.69, 9.17) is 9.47 Å². The van der Waals surface area contributed by atoms with Crippen LogP contribution in [0.1, 0.15) is 51.3 Å². The van der Waals surface area contributed by atoms with Crippen molar-refractivity contribution in [2.75, 3.05) is 13.6 Å². The number of ketones is 1. The Morgan fingerprint density at radius 1 is 1.09 bits per heavy atom. The molecule has 0 aliphatic rings. The molecule has 0 bridgehead atoms. The Balaban J connectivity index is 2.25. The summed E-state index contributed by atoms with van der Waals surface area (Å²) in [6.45, 7) is 6.75. The van der Waals surface area contributed by atoms with Gasteiger partial charge in [-0.15, -0.1) is 0 Å². The molecule has 2 rings (SSSR count). The van der Waals surface area contributed by atoms with E-state index in [0.29, 0.717) is 11.1 Å². The van der Waals surface area contributed by atoms with Gasteiger partial charge < -0.3 is 14.4 Å². The first-order valence-electron chi connectivity index (χ1n) is 11.0. The monoisotopic (exact) mass is 482 g/mol. The standard InChI is InChI=1S/C26H30N2O7/c1-18(29)22(17-19-10-9-13-21(16-19)28(32)33)24(30)34-23(20-11-7-6-8-12-20)14-15-27(5)25(31)35-26(2,3)4/h6-13,16-17,23H,14-15H2,1-5H3/t23-/m0/s1. The number of esters is 1. The van der Waals surface area contributed by atoms with Gasteiger partial charge in [0.2, 0.25) is 0 Å². The van der Waals surface area contributed by atoms with Crippen LogP contribution in [0.15, 0.2) is 60.2 Å². The molecule has 0 N–H and O–H groups in total. The van der Waals surface area contributed by atoms with Crippen molar-refractivity contribution < 1.29 is 28.8 Å². The van der Waals surface area contributed by atoms with Crippen LogP contribution in [0.3, 0.4) is 0 Å². The molecule has 35 heavy (non-hydrogen) atoms. The molecule has 0 saturated heterocycles. The summed E-state index contributed by atoms with van der Waals surface area (Å²) >= 11 is 0. The molecular formula is C26H30N2O7. The number of Topliss-reactive ketones (excluding diaryl/α,β-unsaturated/α-hetero) is 1. The lowest BCUT2D eigenvalue weighted by atomic mass is 10.0. The van der Waals surface area contributed by atoms with Gasteiger partial charge in [0.15, 0.2) is 5.78 Å². The van der Waals surface area contributed by atoms with Crippen molar-refractivity contribution in [2.45, 2.75) is 45.8 Å². The van der Waals surface area contributed by atoms with Crippen molar-refractivity contribution in [3.8, 4) is 0 Å². The first-order chi connectivity index (χ1) is 16.4. The van der Waals surface area contributed by atoms with Crippen LogP contribution >= 0.6 is 0 Å². The Morgan fingerprint density at radius 3 is 2.31 bits per heavy atom. The van der Waals surface area contributed by atoms with E-state index in [1.807, 2.05) is 6.07 Å². The van der Waals surface area contributed by atoms with E-state index in [9.17, 15) is 24.5 Å². The van der Waals surface area contributed by atoms with E-state index in [0.717, 1.165) is 0 Å². The van der Waals surface area contributed by atoms with Gasteiger partial charge in [0.05, 0.1) is 4.92 Å². The number of carbonyl (C=O) groups is 3. The van der Waals surface area contributed by atoms with Gasteiger partial charge in [0, 0.05) is 32.1 Å². The molecule has 0 spiro atoms. The molecule has 0 fully saturated rings. The lowest BCUT2D eigenvalue weighted by molar-refractivity contribution is -0.384. The predicted octanol–water partition coefficient (Wildman–Crippen LogP) is 5.11. The summed E-state index contributed by atoms with van der Waals surface area (Å²) in [5.41, 5.74) is -0.0436. The molecule has 1 amide bonds. The van der Waals surface area contributed by atoms with Gasteiger partial charge in [0.25, 0.3) is 5.69 Å². The van der Waals surface area contributed by atoms with Gasteiger partial charge in [-0.05, 0) is 44.9 Å². The van der Waals surface area contributed by atoms with Crippen molar-refractivity contribution in [3.05, 3.63) is 81.4 Å². The van der Waals surface area contributed by atoms with E-state index in [2.05, 4.69) is 0 Å². The molecule has 2 aromatic carbocycles. The van der Waals surface area contributed by atoms with Crippen molar-refractivity contribution in [1.82, 2.24) is 4.90 Å². The molecular weight excluding hydrogens is 452 g/mol. The lowest BCUT2D eigenvalue weighted by Crippen LogP contribution is -2.35. The molecule has 0 heterocycles. The average molecular weight is 483 g/mol. The second-order valence-corrected chi connectivity index (χ2v) is 8.96. The van der Waals surface area contributed by atoms with Crippen molar-refractivity contribution in [1.29, 1.82) is 0 Å². The summed E-state index contributed by atoms with van der Waals surface area (Å²) in [5.74, 6) is -1.41. The molecule has 2 aromatic rings. The van der Waals surface area contributed by atoms with Crippen LogP contribution in [-0.2, 0) is 19.1 Å². The summed E-state index contributed by atoms with van der Waals surface area (Å²) in [6, 6.07) is 14.6. The molecule has 0 radical (unpaired) electrons. The maximum Gasteiger partial charge on any atom is 0.410 e. The first-order valence-corrected chi connectivity index (χ1v) is 11.0. The number of non-ortho nitro benzene ring substituents is 1. The largest absolute Gasteiger partial charge is 0.454 e. The number of rotatable bonds is 9. The zero-order valence-corrected chi connectivity index (χ0v) is 20.5. The number of ether oxygens (including phenoxy) is 2. The quantitative estimate of drug-likeness (QED) is 0.122. The highest BCUT2D eigenvalue weighted by Crippen LogP contribution is 2.25. The molecule has 0 saturated carbocycles. The maximum atomic E-state index is 13.0. The second-order valence-electron chi connectivity index (χ2n) is 8.96. The number of nitro benzene ring substituents is 1. The maximum absolute atomic E-state index is 13.0. The molecule has 0 unspecified atom stereocenters. The van der Waals surface area contributed by atoms with Gasteiger partial charge in [-0.25, -0.2) is 9.59 Å². The average Bonchev–Trinajstić information content (AvgIpc) is 2.79. The molecule has 1 atom stereocenters. The smallest absolute Gasteiger partial charge is 0.410 e. The van der Waals surface area contributed by atoms with Crippen LogP contribution in [0.5, 0.6) is 0 Å². The summed E-state index contributed by atoms with van der Waals surface area (Å²) in [4.78, 5) is 49.4. The topological polar surface area (TPSA) is 116 Å². The third kappa shape index (κ3) is 8.69. The second kappa shape index (κ2) is 11.9. The summed E-state index contributed by atoms with van der Waals surface area (Å²) in [5, 5.41) is 11.0. The van der Waals surface area contributed by atoms with Crippen molar-refractivity contribution >= 4 is 29.6 Å². The third-order valence-electron chi connectivity index (χ3n) is 4.84. The molecule has 0 aliphatic heterocycles. The van der Waals surface area contributed by atoms with Crippen LogP contribution in [0.25, 0.3) is 6.08 Å². The van der Waals surface area contributed by atoms with Crippen molar-refractivity contribution in [2.24, 2.45) is 0 Å². The fourth-order valence-electron chi connectivity index (χ4n) is 3.10. The Morgan fingerprint density at radius 2 is 1.74 bits per heavy atom. The number of nitro groups is 1. The van der Waals surface area contributed by atoms with E-state index in [1.165, 1.54) is 36.1 Å². The number of amides is 1. The fraction of sp³-hybridized carbons (Fsp3) is 0.346. The van der Waals surface area contributed by atoms with Crippen LogP contribution < -0.4 is 0 Å². The Labute approximate surface area is 204 Å². The minimum absolute atomic E-state index is 0.164. The minimum Gasteiger partial charge on any atom is -0.454 e. The number of hydrogen-bond donors (Lipinski definition) is 0. The first kappa shape index (κ1) is 27.2. The molecule has 9 nitrogen and oxygen atoms in total. The Kier molecular flexibility index (Phi) is 9.27. The van der Waals surface area contributed by atoms with E-state index >= 15 is 0 Å². The van der Waals surface area contributed by atoms with Gasteiger partial charge in [-0.3, -0.25) is 14.9 Å². The predicted molar refractivity (Wildman–Crippen MR) is 131 cm³/mol. The van der Waals surface area contributed by atoms with Gasteiger partial charge in [0.1, 0.15) is 17.3 Å². The molecule has 0 aliphatic carbocycles. The highest BCUT2D eigenvalue weighted by Gasteiger charge is 2.25. The Hall–Kier alpha value is -4.01.